The van der Waals surface area contributed by atoms with Gasteiger partial charge in [-0.2, -0.15) is 0 Å². The van der Waals surface area contributed by atoms with Crippen LogP contribution >= 0.6 is 11.3 Å². The molecule has 0 saturated carbocycles. The Morgan fingerprint density at radius 3 is 2.22 bits per heavy atom. The minimum Gasteiger partial charge on any atom is -0.337 e. The Hall–Kier alpha value is -2.43. The summed E-state index contributed by atoms with van der Waals surface area (Å²) in [6, 6.07) is 21.3. The Morgan fingerprint density at radius 1 is 1.00 bits per heavy atom. The van der Waals surface area contributed by atoms with Crippen molar-refractivity contribution in [2.75, 3.05) is 13.6 Å². The van der Waals surface area contributed by atoms with Crippen molar-refractivity contribution in [2.45, 2.75) is 26.4 Å². The van der Waals surface area contributed by atoms with Gasteiger partial charge in [0.1, 0.15) is 6.04 Å². The normalized spacial score (nSPS) is 12.0. The number of nitrogens with zero attached hydrogens (tertiary/aromatic N) is 1. The number of carbonyl (C=O) groups is 1. The number of benzene rings is 2. The van der Waals surface area contributed by atoms with Crippen molar-refractivity contribution in [3.05, 3.63) is 93.2 Å². The predicted molar refractivity (Wildman–Crippen MR) is 112 cm³/mol. The van der Waals surface area contributed by atoms with Crippen LogP contribution in [0.15, 0.2) is 66.0 Å². The van der Waals surface area contributed by atoms with Gasteiger partial charge in [0.2, 0.25) is 0 Å². The zero-order valence-corrected chi connectivity index (χ0v) is 17.0. The molecule has 1 aromatic heterocycles. The second-order valence-corrected chi connectivity index (χ2v) is 8.06. The van der Waals surface area contributed by atoms with Gasteiger partial charge in [0.05, 0.1) is 4.88 Å². The smallest absolute Gasteiger partial charge is 0.277 e. The number of hydrogen-bond acceptors (Lipinski definition) is 2. The summed E-state index contributed by atoms with van der Waals surface area (Å²) in [5.74, 6) is 0.143. The molecule has 1 amide bonds. The number of quaternary nitrogens is 1. The van der Waals surface area contributed by atoms with Gasteiger partial charge in [0.25, 0.3) is 5.91 Å². The van der Waals surface area contributed by atoms with Crippen molar-refractivity contribution in [3.8, 4) is 0 Å². The highest BCUT2D eigenvalue weighted by atomic mass is 32.1. The van der Waals surface area contributed by atoms with Crippen LogP contribution < -0.4 is 5.32 Å². The first-order valence-corrected chi connectivity index (χ1v) is 10.1. The minimum atomic E-state index is 0.143. The molecule has 0 aliphatic rings. The highest BCUT2D eigenvalue weighted by Crippen LogP contribution is 2.23. The molecular weight excluding hydrogens is 352 g/mol. The largest absolute Gasteiger partial charge is 0.337 e. The summed E-state index contributed by atoms with van der Waals surface area (Å²) in [6.45, 7) is 5.24. The standard InChI is InChI=1S/C23H26N2OS/c1-17-6-10-19(11-7-17)16-25(3)22(26)15-24-23(21-5-4-14-27-21)20-12-8-18(2)9-13-20/h4-14,23-24H,15-16H2,1-3H3/p+1/t23-/m0/s1. The maximum absolute atomic E-state index is 12.7. The molecule has 0 saturated heterocycles. The van der Waals surface area contributed by atoms with E-state index >= 15 is 0 Å². The number of amides is 1. The summed E-state index contributed by atoms with van der Waals surface area (Å²) < 4.78 is 0. The van der Waals surface area contributed by atoms with Gasteiger partial charge in [-0.25, -0.2) is 0 Å². The molecule has 27 heavy (non-hydrogen) atoms. The number of rotatable bonds is 7. The molecule has 0 radical (unpaired) electrons. The molecule has 0 aliphatic carbocycles. The van der Waals surface area contributed by atoms with Gasteiger partial charge in [0, 0.05) is 19.2 Å². The quantitative estimate of drug-likeness (QED) is 0.668. The van der Waals surface area contributed by atoms with Crippen LogP contribution in [0, 0.1) is 13.8 Å². The first-order chi connectivity index (χ1) is 13.0. The van der Waals surface area contributed by atoms with E-state index in [9.17, 15) is 4.79 Å². The van der Waals surface area contributed by atoms with E-state index in [1.807, 2.05) is 11.9 Å². The van der Waals surface area contributed by atoms with E-state index < -0.39 is 0 Å². The van der Waals surface area contributed by atoms with Crippen LogP contribution in [0.3, 0.4) is 0 Å². The third-order valence-electron chi connectivity index (χ3n) is 4.78. The van der Waals surface area contributed by atoms with Gasteiger partial charge < -0.3 is 10.2 Å². The minimum absolute atomic E-state index is 0.143. The van der Waals surface area contributed by atoms with Gasteiger partial charge in [-0.05, 0) is 30.9 Å². The molecule has 3 aromatic rings. The third-order valence-corrected chi connectivity index (χ3v) is 5.74. The van der Waals surface area contributed by atoms with E-state index in [2.05, 4.69) is 85.2 Å². The van der Waals surface area contributed by atoms with E-state index in [0.29, 0.717) is 13.1 Å². The van der Waals surface area contributed by atoms with Crippen molar-refractivity contribution < 1.29 is 10.1 Å². The molecular formula is C23H27N2OS+. The highest BCUT2D eigenvalue weighted by Gasteiger charge is 2.21. The van der Waals surface area contributed by atoms with Gasteiger partial charge in [-0.15, -0.1) is 11.3 Å². The number of nitrogens with two attached hydrogens (primary N) is 1. The lowest BCUT2D eigenvalue weighted by Gasteiger charge is -2.19. The average molecular weight is 380 g/mol. The molecule has 0 aliphatic heterocycles. The fraction of sp³-hybridized carbons (Fsp3) is 0.261. The van der Waals surface area contributed by atoms with Crippen LogP contribution in [0.4, 0.5) is 0 Å². The molecule has 1 heterocycles. The zero-order chi connectivity index (χ0) is 19.2. The lowest BCUT2D eigenvalue weighted by molar-refractivity contribution is -0.676. The molecule has 3 nitrogen and oxygen atoms in total. The molecule has 3 rings (SSSR count). The summed E-state index contributed by atoms with van der Waals surface area (Å²) >= 11 is 1.74. The zero-order valence-electron chi connectivity index (χ0n) is 16.2. The van der Waals surface area contributed by atoms with E-state index in [1.165, 1.54) is 21.6 Å². The van der Waals surface area contributed by atoms with E-state index in [-0.39, 0.29) is 11.9 Å². The Morgan fingerprint density at radius 2 is 1.63 bits per heavy atom. The van der Waals surface area contributed by atoms with Crippen molar-refractivity contribution in [3.63, 3.8) is 0 Å². The number of aryl methyl sites for hydroxylation is 2. The summed E-state index contributed by atoms with van der Waals surface area (Å²) in [7, 11) is 1.88. The molecule has 0 fully saturated rings. The average Bonchev–Trinajstić information content (AvgIpc) is 3.19. The Bertz CT molecular complexity index is 854. The fourth-order valence-corrected chi connectivity index (χ4v) is 3.94. The van der Waals surface area contributed by atoms with E-state index in [0.717, 1.165) is 5.56 Å². The lowest BCUT2D eigenvalue weighted by Crippen LogP contribution is -2.87. The highest BCUT2D eigenvalue weighted by molar-refractivity contribution is 7.10. The van der Waals surface area contributed by atoms with Crippen LogP contribution in [0.25, 0.3) is 0 Å². The molecule has 1 atom stereocenters. The van der Waals surface area contributed by atoms with Crippen LogP contribution in [0.2, 0.25) is 0 Å². The third kappa shape index (κ3) is 5.28. The van der Waals surface area contributed by atoms with Crippen LogP contribution in [-0.4, -0.2) is 24.4 Å². The molecule has 2 N–H and O–H groups in total. The maximum atomic E-state index is 12.7. The lowest BCUT2D eigenvalue weighted by atomic mass is 10.0. The van der Waals surface area contributed by atoms with Crippen LogP contribution in [0.5, 0.6) is 0 Å². The van der Waals surface area contributed by atoms with E-state index in [1.54, 1.807) is 11.3 Å². The second kappa shape index (κ2) is 8.98. The van der Waals surface area contributed by atoms with Crippen LogP contribution in [-0.2, 0) is 11.3 Å². The number of carbonyl (C=O) groups excluding carboxylic acids is 1. The Labute approximate surface area is 165 Å². The molecule has 2 aromatic carbocycles. The maximum Gasteiger partial charge on any atom is 0.277 e. The summed E-state index contributed by atoms with van der Waals surface area (Å²) in [4.78, 5) is 15.8. The molecule has 140 valence electrons. The van der Waals surface area contributed by atoms with Gasteiger partial charge in [-0.3, -0.25) is 4.79 Å². The topological polar surface area (TPSA) is 36.9 Å². The van der Waals surface area contributed by atoms with Crippen molar-refractivity contribution in [1.82, 2.24) is 4.90 Å². The van der Waals surface area contributed by atoms with Crippen molar-refractivity contribution in [2.24, 2.45) is 0 Å². The second-order valence-electron chi connectivity index (χ2n) is 7.08. The number of likely N-dealkylation sites (N-methyl/N-ethyl adjacent to an activating group) is 1. The number of hydrogen-bond donors (Lipinski definition) is 1. The van der Waals surface area contributed by atoms with E-state index in [4.69, 9.17) is 0 Å². The predicted octanol–water partition coefficient (Wildman–Crippen LogP) is 3.68. The molecule has 0 unspecified atom stereocenters. The van der Waals surface area contributed by atoms with Gasteiger partial charge >= 0.3 is 0 Å². The SMILES string of the molecule is Cc1ccc(CN(C)C(=O)C[NH2+][C@@H](c2ccc(C)cc2)c2cccs2)cc1. The fourth-order valence-electron chi connectivity index (χ4n) is 3.09. The van der Waals surface area contributed by atoms with Crippen molar-refractivity contribution in [1.29, 1.82) is 0 Å². The number of thiophene rings is 1. The van der Waals surface area contributed by atoms with Gasteiger partial charge in [0.15, 0.2) is 6.54 Å². The monoisotopic (exact) mass is 379 g/mol. The van der Waals surface area contributed by atoms with Crippen LogP contribution in [0.1, 0.15) is 33.2 Å². The first-order valence-electron chi connectivity index (χ1n) is 9.26. The molecule has 0 spiro atoms. The molecule has 4 heteroatoms. The van der Waals surface area contributed by atoms with Crippen molar-refractivity contribution >= 4 is 17.2 Å². The Balaban J connectivity index is 1.65. The summed E-state index contributed by atoms with van der Waals surface area (Å²) in [5, 5.41) is 4.24. The van der Waals surface area contributed by atoms with Gasteiger partial charge in [-0.1, -0.05) is 65.7 Å². The summed E-state index contributed by atoms with van der Waals surface area (Å²) in [6.07, 6.45) is 0. The summed E-state index contributed by atoms with van der Waals surface area (Å²) in [5.41, 5.74) is 4.87. The molecule has 0 bridgehead atoms. The first kappa shape index (κ1) is 19.3. The Kier molecular flexibility index (Phi) is 6.43.